The van der Waals surface area contributed by atoms with Crippen molar-refractivity contribution in [2.45, 2.75) is 6.18 Å². The maximum Gasteiger partial charge on any atom is 0.417 e. The standard InChI is InChI=1S/C12H9F3N2O2/c1-3-17-10(16-2)8-6-7(11(18)19)4-5-9(8)12(13,14)15/h3-6H,1-2H2,(H,18,19). The lowest BCUT2D eigenvalue weighted by molar-refractivity contribution is -0.137. The number of carboxylic acids is 1. The van der Waals surface area contributed by atoms with Crippen LogP contribution in [0.3, 0.4) is 0 Å². The van der Waals surface area contributed by atoms with Gasteiger partial charge in [0.1, 0.15) is 0 Å². The average molecular weight is 270 g/mol. The molecule has 1 aromatic carbocycles. The van der Waals surface area contributed by atoms with Crippen molar-refractivity contribution in [2.24, 2.45) is 9.98 Å². The normalized spacial score (nSPS) is 12.1. The summed E-state index contributed by atoms with van der Waals surface area (Å²) in [6, 6.07) is 2.38. The van der Waals surface area contributed by atoms with Gasteiger partial charge in [-0.15, -0.1) is 0 Å². The van der Waals surface area contributed by atoms with Crippen LogP contribution in [0.25, 0.3) is 0 Å². The van der Waals surface area contributed by atoms with Crippen molar-refractivity contribution in [1.29, 1.82) is 0 Å². The summed E-state index contributed by atoms with van der Waals surface area (Å²) in [5.74, 6) is -1.69. The van der Waals surface area contributed by atoms with Crippen molar-refractivity contribution >= 4 is 18.5 Å². The van der Waals surface area contributed by atoms with Crippen molar-refractivity contribution in [1.82, 2.24) is 0 Å². The predicted molar refractivity (Wildman–Crippen MR) is 64.7 cm³/mol. The highest BCUT2D eigenvalue weighted by Gasteiger charge is 2.34. The molecule has 0 aliphatic heterocycles. The van der Waals surface area contributed by atoms with Crippen molar-refractivity contribution in [3.8, 4) is 0 Å². The van der Waals surface area contributed by atoms with E-state index in [0.29, 0.717) is 6.07 Å². The molecule has 0 radical (unpaired) electrons. The number of hydrogen-bond donors (Lipinski definition) is 1. The van der Waals surface area contributed by atoms with Crippen LogP contribution in [-0.4, -0.2) is 23.6 Å². The second-order valence-electron chi connectivity index (χ2n) is 3.36. The lowest BCUT2D eigenvalue weighted by Crippen LogP contribution is -2.14. The van der Waals surface area contributed by atoms with Crippen LogP contribution in [0.1, 0.15) is 21.5 Å². The van der Waals surface area contributed by atoms with Crippen LogP contribution >= 0.6 is 0 Å². The van der Waals surface area contributed by atoms with Crippen LogP contribution in [-0.2, 0) is 6.18 Å². The van der Waals surface area contributed by atoms with Gasteiger partial charge >= 0.3 is 12.1 Å². The van der Waals surface area contributed by atoms with Gasteiger partial charge in [0.25, 0.3) is 0 Å². The van der Waals surface area contributed by atoms with E-state index >= 15 is 0 Å². The Bertz CT molecular complexity index is 563. The van der Waals surface area contributed by atoms with Gasteiger partial charge in [-0.1, -0.05) is 6.58 Å². The van der Waals surface area contributed by atoms with Crippen LogP contribution in [0, 0.1) is 0 Å². The molecule has 0 saturated carbocycles. The Morgan fingerprint density at radius 2 is 2.00 bits per heavy atom. The minimum absolute atomic E-state index is 0.302. The van der Waals surface area contributed by atoms with E-state index in [1.807, 2.05) is 0 Å². The first-order valence-electron chi connectivity index (χ1n) is 4.91. The molecule has 0 atom stereocenters. The third-order valence-corrected chi connectivity index (χ3v) is 2.18. The smallest absolute Gasteiger partial charge is 0.417 e. The van der Waals surface area contributed by atoms with Gasteiger partial charge in [-0.3, -0.25) is 0 Å². The van der Waals surface area contributed by atoms with Crippen LogP contribution in [0.15, 0.2) is 41.0 Å². The van der Waals surface area contributed by atoms with Crippen LogP contribution < -0.4 is 0 Å². The number of aromatic carboxylic acids is 1. The van der Waals surface area contributed by atoms with E-state index in [-0.39, 0.29) is 11.4 Å². The van der Waals surface area contributed by atoms with Gasteiger partial charge in [-0.2, -0.15) is 13.2 Å². The largest absolute Gasteiger partial charge is 0.478 e. The summed E-state index contributed by atoms with van der Waals surface area (Å²) >= 11 is 0. The van der Waals surface area contributed by atoms with Gasteiger partial charge < -0.3 is 5.11 Å². The molecule has 7 heteroatoms. The number of hydrogen-bond acceptors (Lipinski definition) is 2. The summed E-state index contributed by atoms with van der Waals surface area (Å²) in [5, 5.41) is 8.80. The van der Waals surface area contributed by atoms with Crippen molar-refractivity contribution in [3.05, 3.63) is 47.7 Å². The Labute approximate surface area is 106 Å². The van der Waals surface area contributed by atoms with Gasteiger partial charge in [0, 0.05) is 11.8 Å². The molecule has 0 aliphatic carbocycles. The molecule has 0 fully saturated rings. The average Bonchev–Trinajstić information content (AvgIpc) is 2.34. The van der Waals surface area contributed by atoms with E-state index in [1.165, 1.54) is 0 Å². The van der Waals surface area contributed by atoms with E-state index in [9.17, 15) is 18.0 Å². The van der Waals surface area contributed by atoms with Crippen LogP contribution in [0.4, 0.5) is 13.2 Å². The third kappa shape index (κ3) is 3.27. The van der Waals surface area contributed by atoms with Gasteiger partial charge in [-0.05, 0) is 24.9 Å². The first kappa shape index (κ1) is 14.6. The minimum Gasteiger partial charge on any atom is -0.478 e. The van der Waals surface area contributed by atoms with Crippen molar-refractivity contribution in [3.63, 3.8) is 0 Å². The van der Waals surface area contributed by atoms with Gasteiger partial charge in [0.05, 0.1) is 11.1 Å². The zero-order chi connectivity index (χ0) is 14.6. The highest BCUT2D eigenvalue weighted by Crippen LogP contribution is 2.33. The molecule has 0 spiro atoms. The number of carboxylic acid groups (broad SMARTS) is 1. The molecule has 0 amide bonds. The van der Waals surface area contributed by atoms with E-state index < -0.39 is 23.3 Å². The highest BCUT2D eigenvalue weighted by atomic mass is 19.4. The maximum atomic E-state index is 12.8. The summed E-state index contributed by atoms with van der Waals surface area (Å²) in [5.41, 5.74) is -1.80. The predicted octanol–water partition coefficient (Wildman–Crippen LogP) is 2.99. The lowest BCUT2D eigenvalue weighted by Gasteiger charge is -2.12. The molecular formula is C12H9F3N2O2. The minimum atomic E-state index is -4.65. The maximum absolute atomic E-state index is 12.8. The number of carbonyl (C=O) groups is 1. The zero-order valence-corrected chi connectivity index (χ0v) is 9.61. The first-order valence-corrected chi connectivity index (χ1v) is 4.91. The number of amidine groups is 1. The second kappa shape index (κ2) is 5.47. The summed E-state index contributed by atoms with van der Waals surface area (Å²) in [6.07, 6.45) is -3.66. The van der Waals surface area contributed by atoms with E-state index in [2.05, 4.69) is 23.3 Å². The Morgan fingerprint density at radius 3 is 2.42 bits per heavy atom. The third-order valence-electron chi connectivity index (χ3n) is 2.18. The summed E-state index contributed by atoms with van der Waals surface area (Å²) < 4.78 is 38.5. The molecule has 0 bridgehead atoms. The highest BCUT2D eigenvalue weighted by molar-refractivity contribution is 6.04. The number of rotatable bonds is 3. The van der Waals surface area contributed by atoms with Crippen LogP contribution in [0.2, 0.25) is 0 Å². The van der Waals surface area contributed by atoms with Crippen molar-refractivity contribution < 1.29 is 23.1 Å². The van der Waals surface area contributed by atoms with E-state index in [4.69, 9.17) is 5.11 Å². The molecular weight excluding hydrogens is 261 g/mol. The summed E-state index contributed by atoms with van der Waals surface area (Å²) in [4.78, 5) is 17.7. The molecule has 0 heterocycles. The molecule has 0 saturated heterocycles. The Kier molecular flexibility index (Phi) is 4.21. The lowest BCUT2D eigenvalue weighted by atomic mass is 10.0. The first-order chi connectivity index (χ1) is 8.81. The SMILES string of the molecule is C=CN=C(N=C)c1cc(C(=O)O)ccc1C(F)(F)F. The van der Waals surface area contributed by atoms with E-state index in [0.717, 1.165) is 18.3 Å². The second-order valence-corrected chi connectivity index (χ2v) is 3.36. The molecule has 0 aromatic heterocycles. The fraction of sp³-hybridized carbons (Fsp3) is 0.0833. The number of benzene rings is 1. The number of halogens is 3. The molecule has 4 nitrogen and oxygen atoms in total. The molecule has 1 rings (SSSR count). The number of aliphatic imine (C=N–C) groups is 2. The summed E-state index contributed by atoms with van der Waals surface area (Å²) in [6.45, 7) is 6.36. The van der Waals surface area contributed by atoms with E-state index in [1.54, 1.807) is 0 Å². The van der Waals surface area contributed by atoms with Crippen molar-refractivity contribution in [2.75, 3.05) is 0 Å². The molecule has 0 aliphatic rings. The number of alkyl halides is 3. The fourth-order valence-corrected chi connectivity index (χ4v) is 1.39. The van der Waals surface area contributed by atoms with Gasteiger partial charge in [-0.25, -0.2) is 14.8 Å². The monoisotopic (exact) mass is 270 g/mol. The molecule has 1 N–H and O–H groups in total. The van der Waals surface area contributed by atoms with Gasteiger partial charge in [0.15, 0.2) is 5.84 Å². The summed E-state index contributed by atoms with van der Waals surface area (Å²) in [7, 11) is 0. The molecule has 100 valence electrons. The fourth-order valence-electron chi connectivity index (χ4n) is 1.39. The zero-order valence-electron chi connectivity index (χ0n) is 9.61. The Balaban J connectivity index is 3.59. The number of nitrogens with zero attached hydrogens (tertiary/aromatic N) is 2. The quantitative estimate of drug-likeness (QED) is 0.678. The molecule has 0 unspecified atom stereocenters. The Hall–Kier alpha value is -2.44. The van der Waals surface area contributed by atoms with Gasteiger partial charge in [0.2, 0.25) is 0 Å². The van der Waals surface area contributed by atoms with Crippen LogP contribution in [0.5, 0.6) is 0 Å². The topological polar surface area (TPSA) is 62.0 Å². The molecule has 19 heavy (non-hydrogen) atoms. The molecule has 1 aromatic rings. The Morgan fingerprint density at radius 1 is 1.37 bits per heavy atom.